The van der Waals surface area contributed by atoms with E-state index in [0.717, 1.165) is 22.3 Å². The van der Waals surface area contributed by atoms with Gasteiger partial charge in [0.2, 0.25) is 0 Å². The van der Waals surface area contributed by atoms with E-state index in [0.29, 0.717) is 35.4 Å². The number of rotatable bonds is 8. The summed E-state index contributed by atoms with van der Waals surface area (Å²) in [6, 6.07) is 19.3. The molecule has 0 radical (unpaired) electrons. The first-order valence-corrected chi connectivity index (χ1v) is 11.4. The van der Waals surface area contributed by atoms with Crippen LogP contribution in [0.15, 0.2) is 90.0 Å². The number of halogens is 1. The number of nitrogens with zero attached hydrogens (tertiary/aromatic N) is 3. The molecule has 1 aliphatic heterocycles. The summed E-state index contributed by atoms with van der Waals surface area (Å²) in [6.45, 7) is 2.44. The molecule has 0 aliphatic carbocycles. The molecule has 1 aromatic heterocycles. The van der Waals surface area contributed by atoms with Crippen LogP contribution in [-0.4, -0.2) is 32.0 Å². The van der Waals surface area contributed by atoms with E-state index in [-0.39, 0.29) is 10.4 Å². The molecule has 0 amide bonds. The highest BCUT2D eigenvalue weighted by molar-refractivity contribution is 5.88. The molecule has 4 aromatic rings. The molecule has 8 heteroatoms. The van der Waals surface area contributed by atoms with Crippen molar-refractivity contribution in [3.05, 3.63) is 90.7 Å². The summed E-state index contributed by atoms with van der Waals surface area (Å²) in [7, 11) is 3.18. The van der Waals surface area contributed by atoms with Crippen molar-refractivity contribution in [1.29, 1.82) is 0 Å². The summed E-state index contributed by atoms with van der Waals surface area (Å²) in [5, 5.41) is 5.52. The van der Waals surface area contributed by atoms with Crippen LogP contribution >= 0.6 is 0 Å². The molecule has 0 bridgehead atoms. The van der Waals surface area contributed by atoms with Crippen LogP contribution in [0.4, 0.5) is 15.8 Å². The Kier molecular flexibility index (Phi) is 6.26. The molecule has 0 saturated carbocycles. The smallest absolute Gasteiger partial charge is 0.199 e. The molecular weight excluding hydrogens is 461 g/mol. The monoisotopic (exact) mass is 486 g/mol. The Labute approximate surface area is 208 Å². The minimum absolute atomic E-state index is 0.0189. The van der Waals surface area contributed by atoms with Gasteiger partial charge in [-0.15, -0.1) is 4.59 Å². The Bertz CT molecular complexity index is 1450. The first-order chi connectivity index (χ1) is 17.6. The third-order valence-corrected chi connectivity index (χ3v) is 5.88. The van der Waals surface area contributed by atoms with E-state index in [1.165, 1.54) is 12.1 Å². The zero-order valence-electron chi connectivity index (χ0n) is 20.1. The van der Waals surface area contributed by atoms with Crippen LogP contribution in [0.1, 0.15) is 6.92 Å². The Morgan fingerprint density at radius 1 is 0.833 bits per heavy atom. The molecule has 1 atom stereocenters. The average molecular weight is 487 g/mol. The zero-order valence-corrected chi connectivity index (χ0v) is 20.1. The van der Waals surface area contributed by atoms with Gasteiger partial charge in [0.25, 0.3) is 0 Å². The highest BCUT2D eigenvalue weighted by atomic mass is 19.1. The van der Waals surface area contributed by atoms with Gasteiger partial charge in [-0.05, 0) is 43.3 Å². The summed E-state index contributed by atoms with van der Waals surface area (Å²) in [4.78, 5) is 4.43. The summed E-state index contributed by atoms with van der Waals surface area (Å²) in [5.41, 5.74) is 2.34. The molecule has 1 unspecified atom stereocenters. The number of pyridine rings is 1. The minimum atomic E-state index is -0.309. The second-order valence-corrected chi connectivity index (χ2v) is 8.00. The number of benzene rings is 3. The van der Waals surface area contributed by atoms with Crippen LogP contribution in [0.25, 0.3) is 10.9 Å². The van der Waals surface area contributed by atoms with E-state index in [2.05, 4.69) is 4.98 Å². The van der Waals surface area contributed by atoms with Crippen LogP contribution < -0.4 is 18.8 Å². The molecule has 7 nitrogen and oxygen atoms in total. The van der Waals surface area contributed by atoms with Crippen molar-refractivity contribution in [2.75, 3.05) is 20.8 Å². The molecule has 0 saturated heterocycles. The number of hydrogen-bond donors (Lipinski definition) is 0. The number of methoxy groups -OCH3 is 2. The van der Waals surface area contributed by atoms with Crippen molar-refractivity contribution in [3.63, 3.8) is 0 Å². The molecule has 36 heavy (non-hydrogen) atoms. The molecule has 182 valence electrons. The maximum absolute atomic E-state index is 13.6. The van der Waals surface area contributed by atoms with Crippen LogP contribution in [-0.2, 0) is 4.74 Å². The van der Waals surface area contributed by atoms with Crippen LogP contribution in [0.5, 0.6) is 23.0 Å². The maximum atomic E-state index is 13.6. The fourth-order valence-corrected chi connectivity index (χ4v) is 4.14. The van der Waals surface area contributed by atoms with E-state index in [1.54, 1.807) is 44.8 Å². The van der Waals surface area contributed by atoms with E-state index in [4.69, 9.17) is 24.0 Å². The molecular formula is C28H25FN3O4+. The van der Waals surface area contributed by atoms with Crippen LogP contribution in [0, 0.1) is 5.82 Å². The third-order valence-electron chi connectivity index (χ3n) is 5.88. The van der Waals surface area contributed by atoms with Gasteiger partial charge < -0.3 is 18.9 Å². The SMILES string of the molecule is CCOC1=C[N+](c2ccc(F)cc2)(c2ccc(Oc3ccnc4cc(OC)c(OC)cc34)cc2)N=C1. The zero-order chi connectivity index (χ0) is 25.1. The fraction of sp³-hybridized carbons (Fsp3) is 0.143. The maximum Gasteiger partial charge on any atom is 0.199 e. The van der Waals surface area contributed by atoms with Gasteiger partial charge in [0.05, 0.1) is 26.3 Å². The first-order valence-electron chi connectivity index (χ1n) is 11.4. The lowest BCUT2D eigenvalue weighted by Crippen LogP contribution is -2.30. The number of aromatic nitrogens is 1. The van der Waals surface area contributed by atoms with E-state index < -0.39 is 0 Å². The van der Waals surface area contributed by atoms with E-state index in [1.807, 2.05) is 49.5 Å². The largest absolute Gasteiger partial charge is 0.493 e. The number of ether oxygens (including phenoxy) is 4. The highest BCUT2D eigenvalue weighted by Gasteiger charge is 2.37. The summed E-state index contributed by atoms with van der Waals surface area (Å²) in [5.74, 6) is 2.79. The van der Waals surface area contributed by atoms with Crippen molar-refractivity contribution in [2.24, 2.45) is 5.10 Å². The normalized spacial score (nSPS) is 16.6. The highest BCUT2D eigenvalue weighted by Crippen LogP contribution is 2.41. The predicted octanol–water partition coefficient (Wildman–Crippen LogP) is 6.70. The molecule has 1 aliphatic rings. The van der Waals surface area contributed by atoms with Crippen molar-refractivity contribution in [3.8, 4) is 23.0 Å². The van der Waals surface area contributed by atoms with Crippen molar-refractivity contribution in [2.45, 2.75) is 6.92 Å². The van der Waals surface area contributed by atoms with Crippen LogP contribution in [0.3, 0.4) is 0 Å². The topological polar surface area (TPSA) is 62.2 Å². The number of quaternary nitrogens is 1. The van der Waals surface area contributed by atoms with Gasteiger partial charge in [0.15, 0.2) is 34.8 Å². The standard InChI is InChI=1S/C28H25FN3O4/c1-4-35-23-17-31-32(18-23,20-7-5-19(29)6-8-20)21-9-11-22(12-10-21)36-26-13-14-30-25-16-28(34-3)27(33-2)15-24(25)26/h5-18H,4H2,1-3H3/q+1. The van der Waals surface area contributed by atoms with Crippen molar-refractivity contribution in [1.82, 2.24) is 9.58 Å². The van der Waals surface area contributed by atoms with Gasteiger partial charge in [-0.3, -0.25) is 4.98 Å². The number of hydrogen-bond acceptors (Lipinski definition) is 6. The van der Waals surface area contributed by atoms with Gasteiger partial charge in [0.1, 0.15) is 23.5 Å². The quantitative estimate of drug-likeness (QED) is 0.259. The lowest BCUT2D eigenvalue weighted by molar-refractivity contribution is 0.249. The summed E-state index contributed by atoms with van der Waals surface area (Å²) < 4.78 is 36.4. The van der Waals surface area contributed by atoms with E-state index >= 15 is 0 Å². The minimum Gasteiger partial charge on any atom is -0.493 e. The Hall–Kier alpha value is -4.43. The Balaban J connectivity index is 1.50. The van der Waals surface area contributed by atoms with Gasteiger partial charge >= 0.3 is 0 Å². The first kappa shape index (κ1) is 23.3. The molecule has 0 spiro atoms. The Morgan fingerprint density at radius 2 is 1.50 bits per heavy atom. The lowest BCUT2D eigenvalue weighted by atomic mass is 10.1. The fourth-order valence-electron chi connectivity index (χ4n) is 4.14. The second-order valence-electron chi connectivity index (χ2n) is 8.00. The van der Waals surface area contributed by atoms with Gasteiger partial charge in [-0.2, -0.15) is 0 Å². The van der Waals surface area contributed by atoms with Crippen molar-refractivity contribution < 1.29 is 23.3 Å². The number of fused-ring (bicyclic) bond motifs is 1. The lowest BCUT2D eigenvalue weighted by Gasteiger charge is -2.24. The molecule has 2 heterocycles. The Morgan fingerprint density at radius 3 is 2.17 bits per heavy atom. The molecule has 0 fully saturated rings. The predicted molar refractivity (Wildman–Crippen MR) is 137 cm³/mol. The molecule has 5 rings (SSSR count). The molecule has 3 aromatic carbocycles. The van der Waals surface area contributed by atoms with E-state index in [9.17, 15) is 4.39 Å². The third kappa shape index (κ3) is 4.23. The molecule has 0 N–H and O–H groups in total. The number of allylic oxidation sites excluding steroid dienone is 1. The summed E-state index contributed by atoms with van der Waals surface area (Å²) in [6.07, 6.45) is 5.26. The second kappa shape index (κ2) is 9.67. The van der Waals surface area contributed by atoms with Crippen molar-refractivity contribution >= 4 is 28.5 Å². The van der Waals surface area contributed by atoms with Gasteiger partial charge in [0, 0.05) is 41.9 Å². The van der Waals surface area contributed by atoms with Gasteiger partial charge in [-0.1, -0.05) is 5.10 Å². The van der Waals surface area contributed by atoms with Gasteiger partial charge in [-0.25, -0.2) is 4.39 Å². The van der Waals surface area contributed by atoms with Crippen LogP contribution in [0.2, 0.25) is 0 Å². The summed E-state index contributed by atoms with van der Waals surface area (Å²) >= 11 is 0. The average Bonchev–Trinajstić information content (AvgIpc) is 3.34.